The Labute approximate surface area is 192 Å². The number of nitrogens with zero attached hydrogens (tertiary/aromatic N) is 2. The van der Waals surface area contributed by atoms with Crippen molar-refractivity contribution in [3.63, 3.8) is 0 Å². The molecule has 4 aliphatic rings. The summed E-state index contributed by atoms with van der Waals surface area (Å²) in [6.45, 7) is 7.30. The number of carbonyl (C=O) groups is 3. The largest absolute Gasteiger partial charge is 0.456 e. The van der Waals surface area contributed by atoms with E-state index in [1.165, 1.54) is 6.07 Å². The molecule has 1 saturated carbocycles. The number of benzene rings is 1. The van der Waals surface area contributed by atoms with Crippen LogP contribution in [0.15, 0.2) is 18.2 Å². The molecule has 2 amide bonds. The molecule has 0 radical (unpaired) electrons. The van der Waals surface area contributed by atoms with Gasteiger partial charge in [0.1, 0.15) is 17.2 Å². The third-order valence-electron chi connectivity index (χ3n) is 7.84. The van der Waals surface area contributed by atoms with Crippen LogP contribution in [0.4, 0.5) is 9.18 Å². The molecule has 5 rings (SSSR count). The highest BCUT2D eigenvalue weighted by molar-refractivity contribution is 5.92. The summed E-state index contributed by atoms with van der Waals surface area (Å²) in [7, 11) is 0. The zero-order valence-electron chi connectivity index (χ0n) is 19.1. The van der Waals surface area contributed by atoms with Gasteiger partial charge in [0.15, 0.2) is 0 Å². The number of hydrogen-bond donors (Lipinski definition) is 1. The van der Waals surface area contributed by atoms with Crippen molar-refractivity contribution < 1.29 is 28.2 Å². The number of hydrogen-bond acceptors (Lipinski definition) is 6. The summed E-state index contributed by atoms with van der Waals surface area (Å²) in [5.74, 6) is -0.772. The van der Waals surface area contributed by atoms with E-state index in [2.05, 4.69) is 5.32 Å². The number of nitrogens with one attached hydrogen (secondary N) is 1. The highest BCUT2D eigenvalue weighted by Crippen LogP contribution is 2.54. The zero-order valence-corrected chi connectivity index (χ0v) is 19.1. The van der Waals surface area contributed by atoms with Gasteiger partial charge >= 0.3 is 12.1 Å². The van der Waals surface area contributed by atoms with Gasteiger partial charge in [-0.15, -0.1) is 0 Å². The van der Waals surface area contributed by atoms with E-state index >= 15 is 4.39 Å². The van der Waals surface area contributed by atoms with Crippen molar-refractivity contribution >= 4 is 18.0 Å². The molecule has 1 atom stereocenters. The van der Waals surface area contributed by atoms with E-state index in [0.717, 1.165) is 0 Å². The Bertz CT molecular complexity index is 1000. The summed E-state index contributed by atoms with van der Waals surface area (Å²) >= 11 is 0. The second-order valence-electron chi connectivity index (χ2n) is 10.3. The molecule has 3 saturated heterocycles. The van der Waals surface area contributed by atoms with Gasteiger partial charge in [-0.3, -0.25) is 9.59 Å². The number of amides is 2. The molecular weight excluding hydrogens is 429 g/mol. The Kier molecular flexibility index (Phi) is 5.15. The number of carbonyl (C=O) groups excluding carboxylic acids is 3. The van der Waals surface area contributed by atoms with Gasteiger partial charge in [0, 0.05) is 56.2 Å². The fraction of sp³-hybridized carbons (Fsp3) is 0.625. The summed E-state index contributed by atoms with van der Waals surface area (Å²) in [5, 5.41) is 3.16. The number of esters is 1. The normalized spacial score (nSPS) is 27.5. The predicted octanol–water partition coefficient (Wildman–Crippen LogP) is 2.21. The van der Waals surface area contributed by atoms with Crippen LogP contribution in [0.5, 0.6) is 5.75 Å². The summed E-state index contributed by atoms with van der Waals surface area (Å²) in [5.41, 5.74) is -1.59. The first-order valence-electron chi connectivity index (χ1n) is 11.6. The van der Waals surface area contributed by atoms with E-state index < -0.39 is 22.9 Å². The standard InChI is InChI=1S/C24H30FN3O5/c1-22(2)14-19(29)33-24(22)7-10-28(15-24)20(30)23(5-6-23)17-4-3-16(13-18(17)25)32-21(31)27-11-8-26-9-12-27/h3-4,13,26H,5-12,14-15H2,1-2H3. The molecule has 3 heterocycles. The van der Waals surface area contributed by atoms with Crippen LogP contribution in [-0.4, -0.2) is 72.6 Å². The summed E-state index contributed by atoms with van der Waals surface area (Å²) in [6, 6.07) is 4.31. The molecular formula is C24H30FN3O5. The highest BCUT2D eigenvalue weighted by Gasteiger charge is 2.62. The molecule has 3 aliphatic heterocycles. The number of piperazine rings is 1. The molecule has 1 aliphatic carbocycles. The van der Waals surface area contributed by atoms with E-state index in [9.17, 15) is 14.4 Å². The van der Waals surface area contributed by atoms with Crippen LogP contribution >= 0.6 is 0 Å². The average molecular weight is 460 g/mol. The van der Waals surface area contributed by atoms with Crippen LogP contribution in [0.25, 0.3) is 0 Å². The maximum atomic E-state index is 15.1. The van der Waals surface area contributed by atoms with E-state index in [0.29, 0.717) is 70.5 Å². The van der Waals surface area contributed by atoms with E-state index in [4.69, 9.17) is 9.47 Å². The third kappa shape index (κ3) is 3.66. The van der Waals surface area contributed by atoms with Gasteiger partial charge in [-0.2, -0.15) is 0 Å². The van der Waals surface area contributed by atoms with Crippen molar-refractivity contribution in [1.82, 2.24) is 15.1 Å². The van der Waals surface area contributed by atoms with Crippen molar-refractivity contribution in [3.05, 3.63) is 29.6 Å². The van der Waals surface area contributed by atoms with Gasteiger partial charge in [-0.1, -0.05) is 19.9 Å². The summed E-state index contributed by atoms with van der Waals surface area (Å²) in [4.78, 5) is 41.1. The van der Waals surface area contributed by atoms with Crippen LogP contribution < -0.4 is 10.1 Å². The van der Waals surface area contributed by atoms with Crippen LogP contribution in [0.1, 0.15) is 45.1 Å². The first kappa shape index (κ1) is 22.1. The fourth-order valence-corrected chi connectivity index (χ4v) is 5.49. The summed E-state index contributed by atoms with van der Waals surface area (Å²) < 4.78 is 26.2. The molecule has 1 spiro atoms. The topological polar surface area (TPSA) is 88.2 Å². The zero-order chi connectivity index (χ0) is 23.4. The first-order valence-corrected chi connectivity index (χ1v) is 11.6. The molecule has 1 aromatic carbocycles. The van der Waals surface area contributed by atoms with Crippen molar-refractivity contribution in [2.45, 2.75) is 50.5 Å². The molecule has 33 heavy (non-hydrogen) atoms. The highest BCUT2D eigenvalue weighted by atomic mass is 19.1. The Morgan fingerprint density at radius 2 is 1.82 bits per heavy atom. The smallest absolute Gasteiger partial charge is 0.415 e. The van der Waals surface area contributed by atoms with Crippen LogP contribution in [0, 0.1) is 11.2 Å². The number of likely N-dealkylation sites (tertiary alicyclic amines) is 1. The second-order valence-corrected chi connectivity index (χ2v) is 10.3. The molecule has 1 aromatic rings. The Morgan fingerprint density at radius 3 is 2.42 bits per heavy atom. The van der Waals surface area contributed by atoms with E-state index in [1.807, 2.05) is 13.8 Å². The second kappa shape index (κ2) is 7.68. The molecule has 0 bridgehead atoms. The van der Waals surface area contributed by atoms with Gasteiger partial charge < -0.3 is 24.6 Å². The summed E-state index contributed by atoms with van der Waals surface area (Å²) in [6.07, 6.45) is 1.56. The maximum absolute atomic E-state index is 15.1. The number of rotatable bonds is 3. The van der Waals surface area contributed by atoms with Gasteiger partial charge in [-0.25, -0.2) is 9.18 Å². The fourth-order valence-electron chi connectivity index (χ4n) is 5.49. The number of halogens is 1. The van der Waals surface area contributed by atoms with Crippen molar-refractivity contribution in [2.75, 3.05) is 39.3 Å². The molecule has 1 unspecified atom stereocenters. The monoisotopic (exact) mass is 459 g/mol. The van der Waals surface area contributed by atoms with Crippen molar-refractivity contribution in [3.8, 4) is 5.75 Å². The minimum Gasteiger partial charge on any atom is -0.456 e. The SMILES string of the molecule is CC1(C)CC(=O)OC12CCN(C(=O)C1(c3ccc(OC(=O)N4CCNCC4)cc3F)CC1)C2. The molecule has 178 valence electrons. The Hall–Kier alpha value is -2.68. The van der Waals surface area contributed by atoms with Gasteiger partial charge in [0.2, 0.25) is 5.91 Å². The van der Waals surface area contributed by atoms with Gasteiger partial charge in [-0.05, 0) is 18.9 Å². The first-order chi connectivity index (χ1) is 15.7. The maximum Gasteiger partial charge on any atom is 0.415 e. The molecule has 4 fully saturated rings. The third-order valence-corrected chi connectivity index (χ3v) is 7.84. The molecule has 8 nitrogen and oxygen atoms in total. The van der Waals surface area contributed by atoms with Crippen LogP contribution in [0.2, 0.25) is 0 Å². The minimum atomic E-state index is -0.899. The molecule has 1 N–H and O–H groups in total. The Balaban J connectivity index is 1.30. The Morgan fingerprint density at radius 1 is 1.09 bits per heavy atom. The lowest BCUT2D eigenvalue weighted by Gasteiger charge is -2.35. The minimum absolute atomic E-state index is 0.123. The van der Waals surface area contributed by atoms with Gasteiger partial charge in [0.05, 0.1) is 18.4 Å². The van der Waals surface area contributed by atoms with Gasteiger partial charge in [0.25, 0.3) is 0 Å². The predicted molar refractivity (Wildman–Crippen MR) is 116 cm³/mol. The quantitative estimate of drug-likeness (QED) is 0.698. The van der Waals surface area contributed by atoms with Crippen LogP contribution in [-0.2, 0) is 19.7 Å². The lowest BCUT2D eigenvalue weighted by molar-refractivity contribution is -0.151. The average Bonchev–Trinajstić information content (AvgIpc) is 3.40. The number of ether oxygens (including phenoxy) is 2. The van der Waals surface area contributed by atoms with Crippen molar-refractivity contribution in [1.29, 1.82) is 0 Å². The van der Waals surface area contributed by atoms with Crippen molar-refractivity contribution in [2.24, 2.45) is 5.41 Å². The molecule has 9 heteroatoms. The lowest BCUT2D eigenvalue weighted by Crippen LogP contribution is -2.47. The lowest BCUT2D eigenvalue weighted by atomic mass is 9.74. The van der Waals surface area contributed by atoms with E-state index in [1.54, 1.807) is 21.9 Å². The van der Waals surface area contributed by atoms with E-state index in [-0.39, 0.29) is 23.0 Å². The van der Waals surface area contributed by atoms with Crippen LogP contribution in [0.3, 0.4) is 0 Å². The molecule has 0 aromatic heterocycles.